The van der Waals surface area contributed by atoms with Crippen LogP contribution in [0.1, 0.15) is 162 Å². The molecule has 0 bridgehead atoms. The Labute approximate surface area is 294 Å². The van der Waals surface area contributed by atoms with Crippen LogP contribution >= 0.6 is 0 Å². The summed E-state index contributed by atoms with van der Waals surface area (Å²) in [6, 6.07) is 0. The Morgan fingerprint density at radius 1 is 0.562 bits per heavy atom. The Kier molecular flexibility index (Phi) is 34.0. The first kappa shape index (κ1) is 45.6. The zero-order valence-corrected chi connectivity index (χ0v) is 31.0. The lowest BCUT2D eigenvalue weighted by molar-refractivity contribution is -0.152. The largest absolute Gasteiger partial charge is 0.463 e. The van der Waals surface area contributed by atoms with Gasteiger partial charge in [-0.25, -0.2) is 0 Å². The molecule has 0 aromatic carbocycles. The second-order valence-corrected chi connectivity index (χ2v) is 13.4. The van der Waals surface area contributed by atoms with E-state index in [2.05, 4.69) is 56.4 Å². The molecule has 0 aliphatic carbocycles. The molecule has 0 spiro atoms. The molecule has 2 N–H and O–H groups in total. The highest BCUT2D eigenvalue weighted by Gasteiger charge is 2.12. The SMILES string of the molecule is CC[C@H](O)/C=C/C=C\C/C=C\C/C=C\C/C=C\CCCC(=O)OC[C@H](O)COC(=O)CCCCCCCCCCCCCCCC(C)C. The molecule has 0 unspecified atom stereocenters. The summed E-state index contributed by atoms with van der Waals surface area (Å²) in [5.74, 6) is 0.189. The standard InChI is InChI=1S/C42H72O6/c1-4-39(43)33-29-25-21-17-13-9-5-6-10-14-18-22-26-30-34-41(45)47-36-40(44)37-48-42(46)35-31-27-23-19-15-11-7-8-12-16-20-24-28-32-38(2)3/h6,9-10,13,18,21-22,25,29,33,38-40,43-44H,4-5,7-8,11-12,14-17,19-20,23-24,26-28,30-32,34-37H2,1-3H3/b10-6-,13-9-,22-18-,25-21-,33-29+/t39-,40-/m0/s1. The molecular formula is C42H72O6. The molecule has 48 heavy (non-hydrogen) atoms. The van der Waals surface area contributed by atoms with Crippen LogP contribution in [0.25, 0.3) is 0 Å². The molecule has 0 aromatic heterocycles. The van der Waals surface area contributed by atoms with Gasteiger partial charge >= 0.3 is 11.9 Å². The van der Waals surface area contributed by atoms with Gasteiger partial charge in [-0.05, 0) is 50.9 Å². The molecule has 276 valence electrons. The maximum atomic E-state index is 12.0. The van der Waals surface area contributed by atoms with Crippen molar-refractivity contribution >= 4 is 11.9 Å². The molecule has 0 radical (unpaired) electrons. The van der Waals surface area contributed by atoms with Crippen molar-refractivity contribution in [2.45, 2.75) is 174 Å². The van der Waals surface area contributed by atoms with Crippen LogP contribution in [0.4, 0.5) is 0 Å². The summed E-state index contributed by atoms with van der Waals surface area (Å²) >= 11 is 0. The Bertz CT molecular complexity index is 885. The van der Waals surface area contributed by atoms with E-state index in [9.17, 15) is 19.8 Å². The van der Waals surface area contributed by atoms with Crippen molar-refractivity contribution < 1.29 is 29.3 Å². The fourth-order valence-electron chi connectivity index (χ4n) is 5.02. The zero-order chi connectivity index (χ0) is 35.3. The molecule has 0 aliphatic heterocycles. The summed E-state index contributed by atoms with van der Waals surface area (Å²) in [6.45, 7) is 6.26. The lowest BCUT2D eigenvalue weighted by Crippen LogP contribution is -2.25. The minimum absolute atomic E-state index is 0.143. The Balaban J connectivity index is 3.57. The van der Waals surface area contributed by atoms with Gasteiger partial charge in [-0.1, -0.05) is 165 Å². The van der Waals surface area contributed by atoms with Crippen molar-refractivity contribution in [2.75, 3.05) is 13.2 Å². The van der Waals surface area contributed by atoms with Crippen LogP contribution in [0, 0.1) is 5.92 Å². The fourth-order valence-corrected chi connectivity index (χ4v) is 5.02. The van der Waals surface area contributed by atoms with Crippen LogP contribution in [0.3, 0.4) is 0 Å². The maximum absolute atomic E-state index is 12.0. The van der Waals surface area contributed by atoms with Crippen LogP contribution in [0.15, 0.2) is 60.8 Å². The maximum Gasteiger partial charge on any atom is 0.305 e. The van der Waals surface area contributed by atoms with Gasteiger partial charge in [0.05, 0.1) is 6.10 Å². The topological polar surface area (TPSA) is 93.1 Å². The molecular weight excluding hydrogens is 600 g/mol. The molecule has 0 heterocycles. The lowest BCUT2D eigenvalue weighted by atomic mass is 10.0. The van der Waals surface area contributed by atoms with Crippen molar-refractivity contribution in [3.8, 4) is 0 Å². The van der Waals surface area contributed by atoms with Gasteiger partial charge in [0.1, 0.15) is 19.3 Å². The third kappa shape index (κ3) is 36.4. The number of ether oxygens (including phenoxy) is 2. The molecule has 6 heteroatoms. The fraction of sp³-hybridized carbons (Fsp3) is 0.714. The molecule has 0 aromatic rings. The van der Waals surface area contributed by atoms with E-state index in [1.165, 1.54) is 70.6 Å². The highest BCUT2D eigenvalue weighted by molar-refractivity contribution is 5.69. The average Bonchev–Trinajstić information content (AvgIpc) is 3.07. The van der Waals surface area contributed by atoms with Gasteiger partial charge in [0.25, 0.3) is 0 Å². The Morgan fingerprint density at radius 3 is 1.50 bits per heavy atom. The number of carbonyl (C=O) groups excluding carboxylic acids is 2. The van der Waals surface area contributed by atoms with Crippen LogP contribution in [-0.4, -0.2) is 47.6 Å². The van der Waals surface area contributed by atoms with Gasteiger partial charge in [-0.15, -0.1) is 0 Å². The van der Waals surface area contributed by atoms with Gasteiger partial charge in [-0.2, -0.15) is 0 Å². The predicted octanol–water partition coefficient (Wildman–Crippen LogP) is 10.8. The van der Waals surface area contributed by atoms with Gasteiger partial charge in [-0.3, -0.25) is 9.59 Å². The first-order chi connectivity index (χ1) is 23.3. The number of aliphatic hydroxyl groups excluding tert-OH is 2. The third-order valence-electron chi connectivity index (χ3n) is 8.10. The van der Waals surface area contributed by atoms with E-state index in [0.29, 0.717) is 19.3 Å². The number of esters is 2. The van der Waals surface area contributed by atoms with E-state index in [-0.39, 0.29) is 31.3 Å². The van der Waals surface area contributed by atoms with Crippen molar-refractivity contribution in [1.29, 1.82) is 0 Å². The minimum Gasteiger partial charge on any atom is -0.463 e. The van der Waals surface area contributed by atoms with Crippen molar-refractivity contribution in [3.05, 3.63) is 60.8 Å². The van der Waals surface area contributed by atoms with E-state index in [4.69, 9.17) is 9.47 Å². The van der Waals surface area contributed by atoms with Crippen LogP contribution < -0.4 is 0 Å². The van der Waals surface area contributed by atoms with Crippen LogP contribution in [0.2, 0.25) is 0 Å². The number of aliphatic hydroxyl groups is 2. The van der Waals surface area contributed by atoms with Gasteiger partial charge in [0.15, 0.2) is 0 Å². The number of hydrogen-bond donors (Lipinski definition) is 2. The summed E-state index contributed by atoms with van der Waals surface area (Å²) in [5, 5.41) is 19.4. The molecule has 0 aliphatic rings. The quantitative estimate of drug-likeness (QED) is 0.0312. The van der Waals surface area contributed by atoms with E-state index in [1.54, 1.807) is 6.08 Å². The Morgan fingerprint density at radius 2 is 1.00 bits per heavy atom. The number of unbranched alkanes of at least 4 members (excludes halogenated alkanes) is 13. The number of rotatable bonds is 33. The monoisotopic (exact) mass is 673 g/mol. The Hall–Kier alpha value is -2.44. The zero-order valence-electron chi connectivity index (χ0n) is 31.0. The molecule has 0 rings (SSSR count). The average molecular weight is 673 g/mol. The van der Waals surface area contributed by atoms with Gasteiger partial charge in [0.2, 0.25) is 0 Å². The normalized spacial score (nSPS) is 13.6. The molecule has 6 nitrogen and oxygen atoms in total. The van der Waals surface area contributed by atoms with Crippen molar-refractivity contribution in [2.24, 2.45) is 5.92 Å². The van der Waals surface area contributed by atoms with E-state index >= 15 is 0 Å². The van der Waals surface area contributed by atoms with Crippen LogP contribution in [0.5, 0.6) is 0 Å². The predicted molar refractivity (Wildman–Crippen MR) is 202 cm³/mol. The second-order valence-electron chi connectivity index (χ2n) is 13.4. The smallest absolute Gasteiger partial charge is 0.305 e. The van der Waals surface area contributed by atoms with Gasteiger partial charge in [0, 0.05) is 12.8 Å². The number of carbonyl (C=O) groups is 2. The first-order valence-corrected chi connectivity index (χ1v) is 19.3. The van der Waals surface area contributed by atoms with E-state index < -0.39 is 6.10 Å². The number of allylic oxidation sites excluding steroid dienone is 9. The third-order valence-corrected chi connectivity index (χ3v) is 8.10. The molecule has 0 fully saturated rings. The summed E-state index contributed by atoms with van der Waals surface area (Å²) in [6.07, 6.45) is 42.3. The minimum atomic E-state index is -0.997. The summed E-state index contributed by atoms with van der Waals surface area (Å²) < 4.78 is 10.3. The molecule has 0 amide bonds. The summed E-state index contributed by atoms with van der Waals surface area (Å²) in [7, 11) is 0. The van der Waals surface area contributed by atoms with Crippen molar-refractivity contribution in [3.63, 3.8) is 0 Å². The van der Waals surface area contributed by atoms with Gasteiger partial charge < -0.3 is 19.7 Å². The number of hydrogen-bond acceptors (Lipinski definition) is 6. The van der Waals surface area contributed by atoms with E-state index in [0.717, 1.165) is 57.3 Å². The first-order valence-electron chi connectivity index (χ1n) is 19.3. The van der Waals surface area contributed by atoms with Crippen LogP contribution in [-0.2, 0) is 19.1 Å². The summed E-state index contributed by atoms with van der Waals surface area (Å²) in [4.78, 5) is 23.9. The summed E-state index contributed by atoms with van der Waals surface area (Å²) in [5.41, 5.74) is 0. The van der Waals surface area contributed by atoms with Crippen molar-refractivity contribution in [1.82, 2.24) is 0 Å². The molecule has 2 atom stereocenters. The molecule has 0 saturated carbocycles. The highest BCUT2D eigenvalue weighted by atomic mass is 16.6. The van der Waals surface area contributed by atoms with E-state index in [1.807, 2.05) is 19.1 Å². The second kappa shape index (κ2) is 35.9. The molecule has 0 saturated heterocycles. The highest BCUT2D eigenvalue weighted by Crippen LogP contribution is 2.15. The lowest BCUT2D eigenvalue weighted by Gasteiger charge is -2.12.